The molecule has 1 amide bonds. The van der Waals surface area contributed by atoms with Crippen LogP contribution in [0.3, 0.4) is 0 Å². The van der Waals surface area contributed by atoms with Gasteiger partial charge in [0.2, 0.25) is 0 Å². The van der Waals surface area contributed by atoms with Crippen molar-refractivity contribution in [2.24, 2.45) is 5.92 Å². The van der Waals surface area contributed by atoms with E-state index in [4.69, 9.17) is 0 Å². The monoisotopic (exact) mass is 400 g/mol. The maximum absolute atomic E-state index is 13.3. The van der Waals surface area contributed by atoms with Crippen molar-refractivity contribution < 1.29 is 18.0 Å². The lowest BCUT2D eigenvalue weighted by molar-refractivity contribution is -0.158. The summed E-state index contributed by atoms with van der Waals surface area (Å²) in [5.41, 5.74) is 1.64. The highest BCUT2D eigenvalue weighted by Gasteiger charge is 2.49. The molecule has 148 valence electrons. The molecule has 7 nitrogen and oxygen atoms in total. The standard InChI is InChI=1S/C19H15F3N6O/c1-10-7-14(12-3-2-6-24-15(12)8-23)26-17-13(9-25-28(10)17)18(29)27-16(11-4-5-11)19(20,21)22/h2-3,6-7,9,11,16H,4-5H2,1H3,(H,27,29). The van der Waals surface area contributed by atoms with Crippen molar-refractivity contribution in [1.29, 1.82) is 5.26 Å². The number of carbonyl (C=O) groups is 1. The number of halogens is 3. The summed E-state index contributed by atoms with van der Waals surface area (Å²) in [6, 6.07) is 5.06. The highest BCUT2D eigenvalue weighted by molar-refractivity contribution is 6.00. The van der Waals surface area contributed by atoms with E-state index >= 15 is 0 Å². The van der Waals surface area contributed by atoms with Crippen molar-refractivity contribution in [2.75, 3.05) is 0 Å². The van der Waals surface area contributed by atoms with Gasteiger partial charge in [0, 0.05) is 17.5 Å². The SMILES string of the molecule is Cc1cc(-c2cccnc2C#N)nc2c(C(=O)NC(C3CC3)C(F)(F)F)cnn12. The molecule has 1 aliphatic carbocycles. The van der Waals surface area contributed by atoms with Crippen LogP contribution in [0.2, 0.25) is 0 Å². The minimum Gasteiger partial charge on any atom is -0.340 e. The summed E-state index contributed by atoms with van der Waals surface area (Å²) in [5, 5.41) is 15.4. The third-order valence-corrected chi connectivity index (χ3v) is 4.82. The Kier molecular flexibility index (Phi) is 4.45. The van der Waals surface area contributed by atoms with Crippen LogP contribution in [0.15, 0.2) is 30.6 Å². The number of alkyl halides is 3. The Morgan fingerprint density at radius 2 is 2.17 bits per heavy atom. The fourth-order valence-electron chi connectivity index (χ4n) is 3.23. The second-order valence-electron chi connectivity index (χ2n) is 6.92. The van der Waals surface area contributed by atoms with Crippen molar-refractivity contribution in [3.8, 4) is 17.3 Å². The van der Waals surface area contributed by atoms with Gasteiger partial charge in [-0.15, -0.1) is 0 Å². The molecule has 4 rings (SSSR count). The second kappa shape index (κ2) is 6.84. The Hall–Kier alpha value is -3.48. The molecule has 0 aliphatic heterocycles. The van der Waals surface area contributed by atoms with Crippen LogP contribution in [0.4, 0.5) is 13.2 Å². The minimum atomic E-state index is -4.52. The first-order chi connectivity index (χ1) is 13.8. The summed E-state index contributed by atoms with van der Waals surface area (Å²) in [7, 11) is 0. The summed E-state index contributed by atoms with van der Waals surface area (Å²) in [5.74, 6) is -1.48. The van der Waals surface area contributed by atoms with Gasteiger partial charge in [0.25, 0.3) is 5.91 Å². The number of nitriles is 1. The highest BCUT2D eigenvalue weighted by Crippen LogP contribution is 2.40. The largest absolute Gasteiger partial charge is 0.408 e. The number of amides is 1. The van der Waals surface area contributed by atoms with E-state index in [1.54, 1.807) is 25.1 Å². The Bertz CT molecular complexity index is 1140. The molecule has 0 bridgehead atoms. The van der Waals surface area contributed by atoms with Crippen LogP contribution in [-0.2, 0) is 0 Å². The van der Waals surface area contributed by atoms with Gasteiger partial charge in [-0.25, -0.2) is 14.5 Å². The Morgan fingerprint density at radius 3 is 2.83 bits per heavy atom. The van der Waals surface area contributed by atoms with Gasteiger partial charge < -0.3 is 5.32 Å². The molecule has 3 aromatic heterocycles. The molecule has 3 heterocycles. The molecule has 0 saturated heterocycles. The topological polar surface area (TPSA) is 96.0 Å². The lowest BCUT2D eigenvalue weighted by Crippen LogP contribution is -2.46. The zero-order valence-corrected chi connectivity index (χ0v) is 15.2. The summed E-state index contributed by atoms with van der Waals surface area (Å²) in [6.07, 6.45) is -0.993. The van der Waals surface area contributed by atoms with E-state index in [1.807, 2.05) is 6.07 Å². The van der Waals surface area contributed by atoms with Crippen LogP contribution in [0.25, 0.3) is 16.9 Å². The number of carbonyl (C=O) groups excluding carboxylic acids is 1. The third-order valence-electron chi connectivity index (χ3n) is 4.82. The van der Waals surface area contributed by atoms with E-state index < -0.39 is 24.0 Å². The first-order valence-electron chi connectivity index (χ1n) is 8.88. The van der Waals surface area contributed by atoms with Gasteiger partial charge in [0.1, 0.15) is 23.4 Å². The Labute approximate surface area is 163 Å². The molecule has 3 aromatic rings. The maximum Gasteiger partial charge on any atom is 0.408 e. The predicted octanol–water partition coefficient (Wildman–Crippen LogP) is 3.04. The van der Waals surface area contributed by atoms with Crippen molar-refractivity contribution in [1.82, 2.24) is 24.9 Å². The van der Waals surface area contributed by atoms with Gasteiger partial charge in [-0.05, 0) is 43.9 Å². The van der Waals surface area contributed by atoms with E-state index in [-0.39, 0.29) is 16.9 Å². The quantitative estimate of drug-likeness (QED) is 0.726. The number of aryl methyl sites for hydroxylation is 1. The highest BCUT2D eigenvalue weighted by atomic mass is 19.4. The molecule has 1 saturated carbocycles. The molecule has 0 radical (unpaired) electrons. The second-order valence-corrected chi connectivity index (χ2v) is 6.92. The molecule has 1 aliphatic rings. The third kappa shape index (κ3) is 3.51. The van der Waals surface area contributed by atoms with Crippen LogP contribution in [0, 0.1) is 24.2 Å². The minimum absolute atomic E-state index is 0.0627. The van der Waals surface area contributed by atoms with Crippen molar-refractivity contribution in [3.63, 3.8) is 0 Å². The zero-order chi connectivity index (χ0) is 20.8. The predicted molar refractivity (Wildman–Crippen MR) is 95.7 cm³/mol. The van der Waals surface area contributed by atoms with Gasteiger partial charge in [0.05, 0.1) is 11.9 Å². The molecular formula is C19H15F3N6O. The number of fused-ring (bicyclic) bond motifs is 1. The van der Waals surface area contributed by atoms with E-state index in [0.29, 0.717) is 29.8 Å². The van der Waals surface area contributed by atoms with Crippen LogP contribution >= 0.6 is 0 Å². The average Bonchev–Trinajstić information content (AvgIpc) is 3.42. The molecule has 1 fully saturated rings. The van der Waals surface area contributed by atoms with Gasteiger partial charge >= 0.3 is 6.18 Å². The molecule has 1 N–H and O–H groups in total. The molecular weight excluding hydrogens is 385 g/mol. The molecule has 1 unspecified atom stereocenters. The summed E-state index contributed by atoms with van der Waals surface area (Å²) < 4.78 is 41.2. The summed E-state index contributed by atoms with van der Waals surface area (Å²) in [6.45, 7) is 1.72. The van der Waals surface area contributed by atoms with E-state index in [9.17, 15) is 23.2 Å². The molecule has 29 heavy (non-hydrogen) atoms. The lowest BCUT2D eigenvalue weighted by atomic mass is 10.1. The van der Waals surface area contributed by atoms with Crippen LogP contribution < -0.4 is 5.32 Å². The maximum atomic E-state index is 13.3. The smallest absolute Gasteiger partial charge is 0.340 e. The van der Waals surface area contributed by atoms with E-state index in [0.717, 1.165) is 0 Å². The number of aromatic nitrogens is 4. The normalized spacial score (nSPS) is 15.1. The fourth-order valence-corrected chi connectivity index (χ4v) is 3.23. The van der Waals surface area contributed by atoms with E-state index in [2.05, 4.69) is 20.4 Å². The Morgan fingerprint density at radius 1 is 1.41 bits per heavy atom. The molecule has 0 aromatic carbocycles. The number of hydrogen-bond donors (Lipinski definition) is 1. The van der Waals surface area contributed by atoms with Crippen molar-refractivity contribution in [2.45, 2.75) is 32.0 Å². The van der Waals surface area contributed by atoms with E-state index in [1.165, 1.54) is 16.9 Å². The first-order valence-corrected chi connectivity index (χ1v) is 8.88. The fraction of sp³-hybridized carbons (Fsp3) is 0.316. The number of nitrogens with one attached hydrogen (secondary N) is 1. The summed E-state index contributed by atoms with van der Waals surface area (Å²) >= 11 is 0. The first kappa shape index (κ1) is 18.9. The van der Waals surface area contributed by atoms with Crippen LogP contribution in [0.1, 0.15) is 34.6 Å². The number of pyridine rings is 1. The number of rotatable bonds is 4. The molecule has 1 atom stereocenters. The van der Waals surface area contributed by atoms with Crippen LogP contribution in [0.5, 0.6) is 0 Å². The number of hydrogen-bond acceptors (Lipinski definition) is 5. The van der Waals surface area contributed by atoms with Gasteiger partial charge in [-0.2, -0.15) is 23.5 Å². The zero-order valence-electron chi connectivity index (χ0n) is 15.2. The lowest BCUT2D eigenvalue weighted by Gasteiger charge is -2.20. The molecule has 0 spiro atoms. The van der Waals surface area contributed by atoms with Gasteiger partial charge in [0.15, 0.2) is 5.65 Å². The van der Waals surface area contributed by atoms with Crippen LogP contribution in [-0.4, -0.2) is 37.7 Å². The van der Waals surface area contributed by atoms with Crippen molar-refractivity contribution in [3.05, 3.63) is 47.5 Å². The average molecular weight is 400 g/mol. The molecule has 10 heteroatoms. The van der Waals surface area contributed by atoms with Crippen molar-refractivity contribution >= 4 is 11.6 Å². The summed E-state index contributed by atoms with van der Waals surface area (Å²) in [4.78, 5) is 21.0. The van der Waals surface area contributed by atoms with Gasteiger partial charge in [-0.3, -0.25) is 4.79 Å². The Balaban J connectivity index is 1.75. The van der Waals surface area contributed by atoms with Gasteiger partial charge in [-0.1, -0.05) is 0 Å². The number of nitrogens with zero attached hydrogens (tertiary/aromatic N) is 5.